The van der Waals surface area contributed by atoms with E-state index >= 15 is 0 Å². The molecule has 1 aromatic carbocycles. The van der Waals surface area contributed by atoms with Gasteiger partial charge < -0.3 is 4.74 Å². The van der Waals surface area contributed by atoms with Gasteiger partial charge in [-0.05, 0) is 25.5 Å². The second kappa shape index (κ2) is 11.1. The lowest BCUT2D eigenvalue weighted by Gasteiger charge is -2.20. The summed E-state index contributed by atoms with van der Waals surface area (Å²) in [5, 5.41) is 1.25. The molecule has 4 heteroatoms. The number of amides is 1. The number of carbonyl (C=O) groups excluding carboxylic acids is 1. The van der Waals surface area contributed by atoms with Gasteiger partial charge in [0.1, 0.15) is 0 Å². The van der Waals surface area contributed by atoms with Crippen molar-refractivity contribution in [3.63, 3.8) is 0 Å². The lowest BCUT2D eigenvalue weighted by Crippen LogP contribution is -2.32. The summed E-state index contributed by atoms with van der Waals surface area (Å²) in [6, 6.07) is 9.31. The lowest BCUT2D eigenvalue weighted by molar-refractivity contribution is 0.0753. The Balaban J connectivity index is 2.38. The molecule has 0 saturated carbocycles. The number of unbranched alkanes of at least 4 members (excludes halogenated alkanes) is 5. The summed E-state index contributed by atoms with van der Waals surface area (Å²) in [6.07, 6.45) is 6.66. The van der Waals surface area contributed by atoms with Crippen LogP contribution in [0.3, 0.4) is 0 Å². The predicted molar refractivity (Wildman–Crippen MR) is 85.3 cm³/mol. The first kappa shape index (κ1) is 17.5. The minimum absolute atomic E-state index is 0.336. The molecule has 0 N–H and O–H groups in total. The van der Waals surface area contributed by atoms with E-state index < -0.39 is 6.09 Å². The summed E-state index contributed by atoms with van der Waals surface area (Å²) >= 11 is 0. The van der Waals surface area contributed by atoms with Crippen LogP contribution >= 0.6 is 0 Å². The predicted octanol–water partition coefficient (Wildman–Crippen LogP) is 4.94. The van der Waals surface area contributed by atoms with E-state index in [1.165, 1.54) is 30.7 Å². The molecular weight excluding hydrogens is 266 g/mol. The molecule has 1 rings (SSSR count). The van der Waals surface area contributed by atoms with Crippen molar-refractivity contribution in [1.29, 1.82) is 0 Å². The first-order valence-corrected chi connectivity index (χ1v) is 7.94. The average Bonchev–Trinajstić information content (AvgIpc) is 2.51. The Kier molecular flexibility index (Phi) is 9.29. The van der Waals surface area contributed by atoms with Crippen LogP contribution in [0.4, 0.5) is 10.5 Å². The van der Waals surface area contributed by atoms with Gasteiger partial charge in [-0.25, -0.2) is 4.79 Å². The number of ether oxygens (including phenoxy) is 1. The molecule has 0 aliphatic carbocycles. The van der Waals surface area contributed by atoms with Crippen LogP contribution in [0.5, 0.6) is 0 Å². The highest BCUT2D eigenvalue weighted by Gasteiger charge is 2.17. The molecule has 4 nitrogen and oxygen atoms in total. The number of nitrogens with zero attached hydrogens (tertiary/aromatic N) is 1. The van der Waals surface area contributed by atoms with E-state index in [2.05, 4.69) is 6.92 Å². The zero-order valence-corrected chi connectivity index (χ0v) is 13.2. The Morgan fingerprint density at radius 2 is 1.67 bits per heavy atom. The van der Waals surface area contributed by atoms with Gasteiger partial charge in [-0.1, -0.05) is 57.2 Å². The molecular formula is C17H27NO3. The highest BCUT2D eigenvalue weighted by atomic mass is 16.7. The molecule has 0 unspecified atom stereocenters. The van der Waals surface area contributed by atoms with E-state index in [0.717, 1.165) is 12.8 Å². The summed E-state index contributed by atoms with van der Waals surface area (Å²) < 4.78 is 5.03. The zero-order valence-electron chi connectivity index (χ0n) is 13.2. The van der Waals surface area contributed by atoms with Crippen LogP contribution in [0.15, 0.2) is 30.3 Å². The molecule has 0 heterocycles. The summed E-state index contributed by atoms with van der Waals surface area (Å²) in [4.78, 5) is 17.5. The standard InChI is InChI=1S/C17H27NO3/c1-3-5-6-7-8-12-15-21-18(17(19)20-4-2)16-13-10-9-11-14-16/h9-11,13-14H,3-8,12,15H2,1-2H3. The molecule has 1 amide bonds. The molecule has 0 radical (unpaired) electrons. The molecule has 118 valence electrons. The molecule has 1 aromatic rings. The molecule has 0 aromatic heterocycles. The SMILES string of the molecule is CCCCCCCCON(C(=O)OCC)c1ccccc1. The van der Waals surface area contributed by atoms with Gasteiger partial charge in [0.15, 0.2) is 0 Å². The smallest absolute Gasteiger partial charge is 0.438 e. The summed E-state index contributed by atoms with van der Waals surface area (Å²) in [7, 11) is 0. The summed E-state index contributed by atoms with van der Waals surface area (Å²) in [5.41, 5.74) is 0.696. The zero-order chi connectivity index (χ0) is 15.3. The van der Waals surface area contributed by atoms with Crippen LogP contribution in [-0.2, 0) is 9.57 Å². The number of para-hydroxylation sites is 1. The fourth-order valence-corrected chi connectivity index (χ4v) is 2.02. The first-order valence-electron chi connectivity index (χ1n) is 7.94. The fraction of sp³-hybridized carbons (Fsp3) is 0.588. The molecule has 0 spiro atoms. The lowest BCUT2D eigenvalue weighted by atomic mass is 10.1. The van der Waals surface area contributed by atoms with Gasteiger partial charge in [0.2, 0.25) is 0 Å². The second-order valence-corrected chi connectivity index (χ2v) is 4.93. The Morgan fingerprint density at radius 3 is 2.33 bits per heavy atom. The van der Waals surface area contributed by atoms with Crippen molar-refractivity contribution in [2.45, 2.75) is 52.4 Å². The monoisotopic (exact) mass is 293 g/mol. The van der Waals surface area contributed by atoms with Gasteiger partial charge in [0.25, 0.3) is 0 Å². The van der Waals surface area contributed by atoms with E-state index in [1.807, 2.05) is 30.3 Å². The third-order valence-corrected chi connectivity index (χ3v) is 3.14. The normalized spacial score (nSPS) is 10.4. The van der Waals surface area contributed by atoms with E-state index in [1.54, 1.807) is 6.92 Å². The van der Waals surface area contributed by atoms with Crippen molar-refractivity contribution in [3.05, 3.63) is 30.3 Å². The van der Waals surface area contributed by atoms with Crippen LogP contribution in [0.2, 0.25) is 0 Å². The first-order chi connectivity index (χ1) is 10.3. The van der Waals surface area contributed by atoms with E-state index in [9.17, 15) is 4.79 Å². The Morgan fingerprint density at radius 1 is 1.00 bits per heavy atom. The van der Waals surface area contributed by atoms with Gasteiger partial charge in [0.05, 0.1) is 18.9 Å². The van der Waals surface area contributed by atoms with Gasteiger partial charge in [-0.3, -0.25) is 4.84 Å². The van der Waals surface area contributed by atoms with Crippen LogP contribution in [0.25, 0.3) is 0 Å². The number of hydrogen-bond acceptors (Lipinski definition) is 3. The van der Waals surface area contributed by atoms with Crippen molar-refractivity contribution in [2.75, 3.05) is 18.3 Å². The maximum Gasteiger partial charge on any atom is 0.438 e. The molecule has 0 bridgehead atoms. The van der Waals surface area contributed by atoms with Gasteiger partial charge in [-0.2, -0.15) is 5.06 Å². The minimum atomic E-state index is -0.463. The molecule has 0 fully saturated rings. The summed E-state index contributed by atoms with van der Waals surface area (Å²) in [6.45, 7) is 4.86. The van der Waals surface area contributed by atoms with E-state index in [0.29, 0.717) is 18.9 Å². The van der Waals surface area contributed by atoms with Crippen molar-refractivity contribution in [2.24, 2.45) is 0 Å². The maximum absolute atomic E-state index is 11.9. The molecule has 21 heavy (non-hydrogen) atoms. The number of rotatable bonds is 10. The van der Waals surface area contributed by atoms with Gasteiger partial charge in [-0.15, -0.1) is 0 Å². The number of benzene rings is 1. The van der Waals surface area contributed by atoms with Crippen molar-refractivity contribution in [3.8, 4) is 0 Å². The maximum atomic E-state index is 11.9. The fourth-order valence-electron chi connectivity index (χ4n) is 2.02. The Bertz CT molecular complexity index is 381. The third-order valence-electron chi connectivity index (χ3n) is 3.14. The highest BCUT2D eigenvalue weighted by molar-refractivity contribution is 5.85. The highest BCUT2D eigenvalue weighted by Crippen LogP contribution is 2.16. The average molecular weight is 293 g/mol. The largest absolute Gasteiger partial charge is 0.448 e. The number of carbonyl (C=O) groups is 1. The van der Waals surface area contributed by atoms with Crippen LogP contribution in [0.1, 0.15) is 52.4 Å². The van der Waals surface area contributed by atoms with Crippen LogP contribution in [-0.4, -0.2) is 19.3 Å². The van der Waals surface area contributed by atoms with Crippen LogP contribution < -0.4 is 5.06 Å². The topological polar surface area (TPSA) is 38.8 Å². The van der Waals surface area contributed by atoms with Gasteiger partial charge >= 0.3 is 6.09 Å². The summed E-state index contributed by atoms with van der Waals surface area (Å²) in [5.74, 6) is 0. The van der Waals surface area contributed by atoms with E-state index in [4.69, 9.17) is 9.57 Å². The van der Waals surface area contributed by atoms with Crippen molar-refractivity contribution >= 4 is 11.8 Å². The van der Waals surface area contributed by atoms with E-state index in [-0.39, 0.29) is 0 Å². The second-order valence-electron chi connectivity index (χ2n) is 4.93. The van der Waals surface area contributed by atoms with Crippen LogP contribution in [0, 0.1) is 0 Å². The third kappa shape index (κ3) is 7.14. The molecule has 0 saturated heterocycles. The minimum Gasteiger partial charge on any atom is -0.448 e. The molecule has 0 aliphatic heterocycles. The number of hydrogen-bond donors (Lipinski definition) is 0. The van der Waals surface area contributed by atoms with Gasteiger partial charge in [0, 0.05) is 0 Å². The Hall–Kier alpha value is -1.55. The number of anilines is 1. The number of hydroxylamine groups is 1. The van der Waals surface area contributed by atoms with Crippen molar-refractivity contribution < 1.29 is 14.4 Å². The molecule has 0 atom stereocenters. The quantitative estimate of drug-likeness (QED) is 0.453. The molecule has 0 aliphatic rings. The Labute approximate surface area is 128 Å². The van der Waals surface area contributed by atoms with Crippen molar-refractivity contribution in [1.82, 2.24) is 0 Å².